The van der Waals surface area contributed by atoms with Gasteiger partial charge in [0.05, 0.1) is 6.42 Å². The molecule has 0 aliphatic heterocycles. The van der Waals surface area contributed by atoms with Crippen LogP contribution in [0.3, 0.4) is 0 Å². The Hall–Kier alpha value is -1.37. The maximum Gasteiger partial charge on any atom is 0.296 e. The molecule has 0 unspecified atom stereocenters. The average Bonchev–Trinajstić information content (AvgIpc) is 2.17. The molecule has 0 bridgehead atoms. The molecule has 1 aliphatic carbocycles. The molecule has 0 fully saturated rings. The Morgan fingerprint density at radius 2 is 1.92 bits per heavy atom. The van der Waals surface area contributed by atoms with Crippen molar-refractivity contribution >= 4 is 24.2 Å². The molecule has 13 heavy (non-hydrogen) atoms. The Kier molecular flexibility index (Phi) is 3.02. The van der Waals surface area contributed by atoms with E-state index < -0.39 is 0 Å². The predicted octanol–water partition coefficient (Wildman–Crippen LogP) is 2.35. The molecule has 0 spiro atoms. The Labute approximate surface area is 82.9 Å². The number of hydrogen-bond acceptors (Lipinski definition) is 0. The van der Waals surface area contributed by atoms with Crippen molar-refractivity contribution < 1.29 is 4.79 Å². The maximum atomic E-state index is 8.55. The van der Waals surface area contributed by atoms with Crippen molar-refractivity contribution in [3.8, 4) is 0 Å². The van der Waals surface area contributed by atoms with Crippen molar-refractivity contribution in [1.82, 2.24) is 0 Å². The monoisotopic (exact) mass is 192 g/mol. The van der Waals surface area contributed by atoms with Gasteiger partial charge in [-0.3, -0.25) is 0 Å². The van der Waals surface area contributed by atoms with Gasteiger partial charge in [-0.15, -0.1) is 12.4 Å². The van der Waals surface area contributed by atoms with Crippen LogP contribution in [0.15, 0.2) is 30.3 Å². The zero-order valence-electron chi connectivity index (χ0n) is 6.97. The van der Waals surface area contributed by atoms with Crippen LogP contribution in [0.2, 0.25) is 0 Å². The van der Waals surface area contributed by atoms with Crippen LogP contribution in [0.25, 0.3) is 11.6 Å². The third-order valence-corrected chi connectivity index (χ3v) is 2.01. The summed E-state index contributed by atoms with van der Waals surface area (Å²) in [7, 11) is 0. The van der Waals surface area contributed by atoms with E-state index in [4.69, 9.17) is 5.53 Å². The van der Waals surface area contributed by atoms with Gasteiger partial charge in [0.2, 0.25) is 0 Å². The Morgan fingerprint density at radius 3 is 2.69 bits per heavy atom. The van der Waals surface area contributed by atoms with Crippen LogP contribution in [0, 0.1) is 0 Å². The van der Waals surface area contributed by atoms with Gasteiger partial charge >= 0.3 is 0 Å². The summed E-state index contributed by atoms with van der Waals surface area (Å²) < 4.78 is 0. The SMILES string of the molecule is Cl.[N-]=[N+]=C1C=Cc2ccccc2C1. The van der Waals surface area contributed by atoms with Crippen molar-refractivity contribution in [2.45, 2.75) is 6.42 Å². The second-order valence-corrected chi connectivity index (χ2v) is 2.80. The molecule has 66 valence electrons. The second kappa shape index (κ2) is 4.04. The first kappa shape index (κ1) is 9.72. The minimum Gasteiger partial charge on any atom is -0.361 e. The molecule has 0 heterocycles. The number of allylic oxidation sites excluding steroid dienone is 1. The number of nitrogens with zero attached hydrogens (tertiary/aromatic N) is 2. The highest BCUT2D eigenvalue weighted by molar-refractivity contribution is 5.98. The maximum absolute atomic E-state index is 8.55. The number of hydrogen-bond donors (Lipinski definition) is 0. The number of rotatable bonds is 0. The van der Waals surface area contributed by atoms with E-state index in [9.17, 15) is 0 Å². The van der Waals surface area contributed by atoms with Crippen molar-refractivity contribution in [2.24, 2.45) is 0 Å². The zero-order chi connectivity index (χ0) is 8.39. The molecule has 3 heteroatoms. The summed E-state index contributed by atoms with van der Waals surface area (Å²) >= 11 is 0. The summed E-state index contributed by atoms with van der Waals surface area (Å²) in [6.45, 7) is 0. The van der Waals surface area contributed by atoms with Gasteiger partial charge in [-0.1, -0.05) is 24.3 Å². The van der Waals surface area contributed by atoms with Gasteiger partial charge in [0.15, 0.2) is 0 Å². The van der Waals surface area contributed by atoms with E-state index in [1.54, 1.807) is 0 Å². The first-order valence-corrected chi connectivity index (χ1v) is 3.87. The fourth-order valence-electron chi connectivity index (χ4n) is 1.37. The fourth-order valence-corrected chi connectivity index (χ4v) is 1.37. The topological polar surface area (TPSA) is 36.4 Å². The highest BCUT2D eigenvalue weighted by atomic mass is 35.5. The predicted molar refractivity (Wildman–Crippen MR) is 55.1 cm³/mol. The third kappa shape index (κ3) is 1.86. The van der Waals surface area contributed by atoms with Crippen LogP contribution in [0.1, 0.15) is 11.1 Å². The van der Waals surface area contributed by atoms with Crippen LogP contribution >= 0.6 is 12.4 Å². The van der Waals surface area contributed by atoms with Gasteiger partial charge in [0, 0.05) is 6.08 Å². The van der Waals surface area contributed by atoms with Crippen LogP contribution in [0.5, 0.6) is 0 Å². The highest BCUT2D eigenvalue weighted by Crippen LogP contribution is 2.15. The van der Waals surface area contributed by atoms with Gasteiger partial charge in [0.25, 0.3) is 5.71 Å². The molecular weight excluding hydrogens is 184 g/mol. The van der Waals surface area contributed by atoms with Gasteiger partial charge < -0.3 is 5.53 Å². The van der Waals surface area contributed by atoms with E-state index in [1.165, 1.54) is 11.1 Å². The minimum atomic E-state index is 0. The lowest BCUT2D eigenvalue weighted by Crippen LogP contribution is -2.06. The lowest BCUT2D eigenvalue weighted by molar-refractivity contribution is -0.00553. The summed E-state index contributed by atoms with van der Waals surface area (Å²) in [5, 5.41) is 0. The smallest absolute Gasteiger partial charge is 0.296 e. The molecule has 0 radical (unpaired) electrons. The Bertz CT molecular complexity index is 390. The lowest BCUT2D eigenvalue weighted by Gasteiger charge is -2.05. The molecule has 0 saturated heterocycles. The van der Waals surface area contributed by atoms with Gasteiger partial charge in [0.1, 0.15) is 0 Å². The summed E-state index contributed by atoms with van der Waals surface area (Å²) in [6, 6.07) is 8.10. The van der Waals surface area contributed by atoms with Crippen LogP contribution in [-0.4, -0.2) is 10.5 Å². The van der Waals surface area contributed by atoms with Gasteiger partial charge in [-0.2, -0.15) is 4.79 Å². The fraction of sp³-hybridized carbons (Fsp3) is 0.100. The van der Waals surface area contributed by atoms with Gasteiger partial charge in [-0.05, 0) is 17.2 Å². The molecule has 0 N–H and O–H groups in total. The normalized spacial score (nSPS) is 12.8. The Balaban J connectivity index is 0.000000845. The molecule has 1 aromatic carbocycles. The average molecular weight is 193 g/mol. The third-order valence-electron chi connectivity index (χ3n) is 2.01. The summed E-state index contributed by atoms with van der Waals surface area (Å²) in [5.41, 5.74) is 11.7. The van der Waals surface area contributed by atoms with E-state index >= 15 is 0 Å². The van der Waals surface area contributed by atoms with E-state index in [0.29, 0.717) is 5.71 Å². The number of fused-ring (bicyclic) bond motifs is 1. The molecule has 0 aromatic heterocycles. The summed E-state index contributed by atoms with van der Waals surface area (Å²) in [5.74, 6) is 0. The molecular formula is C10H9ClN2. The second-order valence-electron chi connectivity index (χ2n) is 2.80. The van der Waals surface area contributed by atoms with Crippen molar-refractivity contribution in [1.29, 1.82) is 0 Å². The van der Waals surface area contributed by atoms with E-state index in [1.807, 2.05) is 30.4 Å². The summed E-state index contributed by atoms with van der Waals surface area (Å²) in [6.07, 6.45) is 4.53. The number of halogens is 1. The molecule has 1 aliphatic rings. The largest absolute Gasteiger partial charge is 0.361 e. The van der Waals surface area contributed by atoms with Gasteiger partial charge in [-0.25, -0.2) is 0 Å². The van der Waals surface area contributed by atoms with Crippen LogP contribution < -0.4 is 0 Å². The molecule has 2 nitrogen and oxygen atoms in total. The zero-order valence-corrected chi connectivity index (χ0v) is 7.79. The van der Waals surface area contributed by atoms with E-state index in [0.717, 1.165) is 6.42 Å². The minimum absolute atomic E-state index is 0. The summed E-state index contributed by atoms with van der Waals surface area (Å²) in [4.78, 5) is 3.18. The van der Waals surface area contributed by atoms with Crippen molar-refractivity contribution in [2.75, 3.05) is 0 Å². The molecule has 0 atom stereocenters. The Morgan fingerprint density at radius 1 is 1.15 bits per heavy atom. The first-order chi connectivity index (χ1) is 5.90. The first-order valence-electron chi connectivity index (χ1n) is 3.87. The van der Waals surface area contributed by atoms with E-state index in [2.05, 4.69) is 10.9 Å². The molecule has 2 rings (SSSR count). The van der Waals surface area contributed by atoms with Crippen LogP contribution in [-0.2, 0) is 6.42 Å². The van der Waals surface area contributed by atoms with E-state index in [-0.39, 0.29) is 12.4 Å². The molecule has 0 amide bonds. The quantitative estimate of drug-likeness (QED) is 0.447. The number of benzene rings is 1. The molecule has 0 saturated carbocycles. The molecule has 1 aromatic rings. The standard InChI is InChI=1S/C10H8N2.ClH/c11-12-10-6-5-8-3-1-2-4-9(8)7-10;/h1-6H,7H2;1H. The lowest BCUT2D eigenvalue weighted by atomic mass is 9.96. The van der Waals surface area contributed by atoms with Crippen LogP contribution in [0.4, 0.5) is 0 Å². The highest BCUT2D eigenvalue weighted by Gasteiger charge is 2.12. The van der Waals surface area contributed by atoms with Crippen molar-refractivity contribution in [3.63, 3.8) is 0 Å². The van der Waals surface area contributed by atoms with Crippen molar-refractivity contribution in [3.05, 3.63) is 47.0 Å².